The second kappa shape index (κ2) is 9.52. The van der Waals surface area contributed by atoms with Crippen molar-refractivity contribution in [2.24, 2.45) is 7.05 Å². The van der Waals surface area contributed by atoms with Crippen molar-refractivity contribution in [3.8, 4) is 0 Å². The van der Waals surface area contributed by atoms with E-state index in [2.05, 4.69) is 15.2 Å². The maximum Gasteiger partial charge on any atom is 0.490 e. The highest BCUT2D eigenvalue weighted by Gasteiger charge is 2.44. The van der Waals surface area contributed by atoms with Crippen molar-refractivity contribution in [1.82, 2.24) is 19.8 Å². The number of carbonyl (C=O) groups is 2. The molecule has 31 heavy (non-hydrogen) atoms. The molecule has 2 aromatic heterocycles. The molecule has 12 heteroatoms. The number of imidazole rings is 1. The normalized spacial score (nSPS) is 23.5. The summed E-state index contributed by atoms with van der Waals surface area (Å²) >= 11 is 0. The van der Waals surface area contributed by atoms with Crippen molar-refractivity contribution < 1.29 is 37.0 Å². The zero-order valence-electron chi connectivity index (χ0n) is 16.7. The summed E-state index contributed by atoms with van der Waals surface area (Å²) in [5, 5.41) is 10.2. The van der Waals surface area contributed by atoms with Crippen molar-refractivity contribution in [1.29, 1.82) is 0 Å². The summed E-state index contributed by atoms with van der Waals surface area (Å²) in [4.78, 5) is 27.9. The van der Waals surface area contributed by atoms with Gasteiger partial charge in [-0.2, -0.15) is 13.2 Å². The van der Waals surface area contributed by atoms with Crippen LogP contribution in [-0.2, 0) is 23.1 Å². The Morgan fingerprint density at radius 1 is 1.39 bits per heavy atom. The van der Waals surface area contributed by atoms with Gasteiger partial charge in [-0.25, -0.2) is 9.78 Å². The molecule has 2 saturated heterocycles. The Kier molecular flexibility index (Phi) is 7.01. The lowest BCUT2D eigenvalue weighted by atomic mass is 10.0. The van der Waals surface area contributed by atoms with Crippen LogP contribution in [0.25, 0.3) is 0 Å². The number of nitrogens with one attached hydrogen (secondary N) is 1. The molecular formula is C19H23F3N4O5. The molecule has 4 heterocycles. The van der Waals surface area contributed by atoms with Gasteiger partial charge in [-0.05, 0) is 18.9 Å². The number of aromatic nitrogens is 2. The van der Waals surface area contributed by atoms with E-state index in [4.69, 9.17) is 19.1 Å². The molecule has 2 aliphatic rings. The van der Waals surface area contributed by atoms with E-state index < -0.39 is 12.1 Å². The van der Waals surface area contributed by atoms with Crippen LogP contribution in [-0.4, -0.2) is 68.9 Å². The first-order valence-corrected chi connectivity index (χ1v) is 9.62. The highest BCUT2D eigenvalue weighted by Crippen LogP contribution is 2.30. The predicted octanol–water partition coefficient (Wildman–Crippen LogP) is 1.81. The molecule has 170 valence electrons. The quantitative estimate of drug-likeness (QED) is 0.740. The second-order valence-corrected chi connectivity index (χ2v) is 7.35. The molecule has 2 aromatic rings. The molecule has 1 amide bonds. The van der Waals surface area contributed by atoms with Gasteiger partial charge in [0.15, 0.2) is 5.82 Å². The molecular weight excluding hydrogens is 421 g/mol. The summed E-state index contributed by atoms with van der Waals surface area (Å²) in [6.45, 7) is 2.35. The van der Waals surface area contributed by atoms with Crippen LogP contribution < -0.4 is 5.32 Å². The molecule has 4 rings (SSSR count). The van der Waals surface area contributed by atoms with Gasteiger partial charge in [0, 0.05) is 50.7 Å². The van der Waals surface area contributed by atoms with Crippen molar-refractivity contribution in [3.63, 3.8) is 0 Å². The Balaban J connectivity index is 0.000000339. The van der Waals surface area contributed by atoms with Crippen LogP contribution in [0.2, 0.25) is 0 Å². The van der Waals surface area contributed by atoms with Gasteiger partial charge < -0.3 is 24.1 Å². The third kappa shape index (κ3) is 5.64. The molecule has 0 bridgehead atoms. The van der Waals surface area contributed by atoms with Crippen LogP contribution in [0, 0.1) is 0 Å². The molecule has 2 aliphatic heterocycles. The Labute approximate surface area is 175 Å². The monoisotopic (exact) mass is 444 g/mol. The van der Waals surface area contributed by atoms with Gasteiger partial charge in [0.2, 0.25) is 0 Å². The van der Waals surface area contributed by atoms with Crippen LogP contribution in [0.5, 0.6) is 0 Å². The summed E-state index contributed by atoms with van der Waals surface area (Å²) in [7, 11) is 1.82. The average Bonchev–Trinajstić information content (AvgIpc) is 3.44. The Morgan fingerprint density at radius 2 is 2.13 bits per heavy atom. The first kappa shape index (κ1) is 22.8. The number of carboxylic acids is 1. The first-order chi connectivity index (χ1) is 14.7. The van der Waals surface area contributed by atoms with Gasteiger partial charge in [0.25, 0.3) is 5.91 Å². The zero-order valence-corrected chi connectivity index (χ0v) is 16.7. The predicted molar refractivity (Wildman–Crippen MR) is 100 cm³/mol. The number of alkyl halides is 3. The minimum atomic E-state index is -5.08. The Hall–Kier alpha value is -2.86. The Morgan fingerprint density at radius 3 is 2.71 bits per heavy atom. The lowest BCUT2D eigenvalue weighted by molar-refractivity contribution is -0.192. The maximum absolute atomic E-state index is 12.5. The number of hydrogen-bond acceptors (Lipinski definition) is 6. The largest absolute Gasteiger partial charge is 0.490 e. The van der Waals surface area contributed by atoms with E-state index >= 15 is 0 Å². The van der Waals surface area contributed by atoms with Gasteiger partial charge in [-0.1, -0.05) is 0 Å². The lowest BCUT2D eigenvalue weighted by Gasteiger charge is -2.32. The summed E-state index contributed by atoms with van der Waals surface area (Å²) in [6, 6.07) is 2.30. The molecule has 3 atom stereocenters. The molecule has 0 spiro atoms. The fourth-order valence-corrected chi connectivity index (χ4v) is 3.80. The van der Waals surface area contributed by atoms with E-state index in [1.165, 1.54) is 0 Å². The fraction of sp³-hybridized carbons (Fsp3) is 0.526. The van der Waals surface area contributed by atoms with Crippen molar-refractivity contribution in [2.45, 2.75) is 43.8 Å². The number of aryl methyl sites for hydroxylation is 1. The van der Waals surface area contributed by atoms with Crippen molar-refractivity contribution >= 4 is 11.9 Å². The number of amides is 1. The van der Waals surface area contributed by atoms with Crippen molar-refractivity contribution in [3.05, 3.63) is 42.4 Å². The molecule has 0 unspecified atom stereocenters. The highest BCUT2D eigenvalue weighted by molar-refractivity contribution is 5.91. The average molecular weight is 444 g/mol. The zero-order chi connectivity index (χ0) is 22.6. The number of fused-ring (bicyclic) bond motifs is 1. The van der Waals surface area contributed by atoms with Gasteiger partial charge in [-0.15, -0.1) is 0 Å². The number of rotatable bonds is 4. The van der Waals surface area contributed by atoms with Gasteiger partial charge in [0.1, 0.15) is 0 Å². The summed E-state index contributed by atoms with van der Waals surface area (Å²) in [5.74, 6) is -2.48. The maximum atomic E-state index is 12.5. The SMILES string of the molecule is Cn1ccnc1C(=O)N[C@@H]1CN(Cc2ccoc2)[C@@H]2CCCO[C@@H]21.O=C(O)C(F)(F)F. The molecule has 2 N–H and O–H groups in total. The smallest absolute Gasteiger partial charge is 0.475 e. The third-order valence-electron chi connectivity index (χ3n) is 5.18. The van der Waals surface area contributed by atoms with Gasteiger partial charge in [-0.3, -0.25) is 9.69 Å². The lowest BCUT2D eigenvalue weighted by Crippen LogP contribution is -2.48. The number of aliphatic carboxylic acids is 1. The number of carbonyl (C=O) groups excluding carboxylic acids is 1. The van der Waals surface area contributed by atoms with Crippen molar-refractivity contribution in [2.75, 3.05) is 13.2 Å². The highest BCUT2D eigenvalue weighted by atomic mass is 19.4. The standard InChI is InChI=1S/C17H22N4O3.C2HF3O2/c1-20-6-5-18-16(20)17(22)19-13-10-21(9-12-4-8-23-11-12)14-3-2-7-24-15(13)14;3-2(4,5)1(6)7/h4-6,8,11,13-15H,2-3,7,9-10H2,1H3,(H,19,22);(H,6,7)/t13-,14-,15-;/m1./s1. The van der Waals surface area contributed by atoms with Crippen LogP contribution in [0.3, 0.4) is 0 Å². The summed E-state index contributed by atoms with van der Waals surface area (Å²) in [6.07, 6.45) is 3.98. The number of likely N-dealkylation sites (tertiary alicyclic amines) is 1. The molecule has 0 saturated carbocycles. The number of nitrogens with zero attached hydrogens (tertiary/aromatic N) is 3. The van der Waals surface area contributed by atoms with E-state index in [0.717, 1.165) is 38.1 Å². The Bertz CT molecular complexity index is 883. The molecule has 0 aliphatic carbocycles. The van der Waals surface area contributed by atoms with Crippen LogP contribution in [0.4, 0.5) is 13.2 Å². The number of hydrogen-bond donors (Lipinski definition) is 2. The molecule has 9 nitrogen and oxygen atoms in total. The number of ether oxygens (including phenoxy) is 1. The minimum Gasteiger partial charge on any atom is -0.475 e. The van der Waals surface area contributed by atoms with E-state index in [1.54, 1.807) is 29.5 Å². The number of carboxylic acid groups (broad SMARTS) is 1. The topological polar surface area (TPSA) is 110 Å². The van der Waals surface area contributed by atoms with Crippen LogP contribution >= 0.6 is 0 Å². The molecule has 0 aromatic carbocycles. The summed E-state index contributed by atoms with van der Waals surface area (Å²) < 4.78 is 44.6. The fourth-order valence-electron chi connectivity index (χ4n) is 3.80. The first-order valence-electron chi connectivity index (χ1n) is 9.62. The van der Waals surface area contributed by atoms with E-state index in [-0.39, 0.29) is 18.1 Å². The molecule has 0 radical (unpaired) electrons. The van der Waals surface area contributed by atoms with E-state index in [9.17, 15) is 18.0 Å². The molecule has 2 fully saturated rings. The minimum absolute atomic E-state index is 0.0219. The number of halogens is 3. The third-order valence-corrected chi connectivity index (χ3v) is 5.18. The van der Waals surface area contributed by atoms with Crippen LogP contribution in [0.15, 0.2) is 35.4 Å². The van der Waals surface area contributed by atoms with E-state index in [0.29, 0.717) is 11.9 Å². The van der Waals surface area contributed by atoms with E-state index in [1.807, 2.05) is 13.1 Å². The van der Waals surface area contributed by atoms with Gasteiger partial charge in [0.05, 0.1) is 24.7 Å². The second-order valence-electron chi connectivity index (χ2n) is 7.35. The van der Waals surface area contributed by atoms with Gasteiger partial charge >= 0.3 is 12.1 Å². The number of furan rings is 1. The van der Waals surface area contributed by atoms with Crippen LogP contribution in [0.1, 0.15) is 29.0 Å². The summed E-state index contributed by atoms with van der Waals surface area (Å²) in [5.41, 5.74) is 1.15.